The number of hydrogen-bond acceptors (Lipinski definition) is 5. The average molecular weight is 414 g/mol. The van der Waals surface area contributed by atoms with Gasteiger partial charge < -0.3 is 9.64 Å². The van der Waals surface area contributed by atoms with Crippen molar-refractivity contribution in [3.8, 4) is 11.3 Å². The Bertz CT molecular complexity index is 992. The van der Waals surface area contributed by atoms with Crippen molar-refractivity contribution in [3.63, 3.8) is 0 Å². The van der Waals surface area contributed by atoms with E-state index < -0.39 is 0 Å². The zero-order valence-electron chi connectivity index (χ0n) is 13.5. The normalized spacial score (nSPS) is 16.6. The summed E-state index contributed by atoms with van der Waals surface area (Å²) in [4.78, 5) is 12.1. The van der Waals surface area contributed by atoms with Gasteiger partial charge in [-0.2, -0.15) is 0 Å². The van der Waals surface area contributed by atoms with Gasteiger partial charge in [0.05, 0.1) is 28.1 Å². The molecule has 6 heteroatoms. The lowest BCUT2D eigenvalue weighted by Crippen LogP contribution is -2.37. The number of fused-ring (bicyclic) bond motifs is 2. The molecule has 0 atom stereocenters. The van der Waals surface area contributed by atoms with Crippen LogP contribution in [0.15, 0.2) is 34.1 Å². The summed E-state index contributed by atoms with van der Waals surface area (Å²) in [6, 6.07) is 6.50. The number of anilines is 1. The summed E-state index contributed by atoms with van der Waals surface area (Å²) in [5.41, 5.74) is 5.89. The molecule has 2 aromatic heterocycles. The van der Waals surface area contributed by atoms with Crippen LogP contribution >= 0.6 is 27.3 Å². The van der Waals surface area contributed by atoms with Crippen LogP contribution in [0.25, 0.3) is 27.6 Å². The Balaban J connectivity index is 1.74. The molecule has 1 fully saturated rings. The monoisotopic (exact) mass is 413 g/mol. The van der Waals surface area contributed by atoms with Crippen molar-refractivity contribution < 1.29 is 4.74 Å². The Morgan fingerprint density at radius 2 is 2.04 bits per heavy atom. The number of hydrogen-bond donors (Lipinski definition) is 0. The minimum Gasteiger partial charge on any atom is -0.378 e. The molecular formula is C19H16BrN3OS. The first kappa shape index (κ1) is 15.5. The zero-order chi connectivity index (χ0) is 16.8. The van der Waals surface area contributed by atoms with Gasteiger partial charge in [0.2, 0.25) is 5.95 Å². The van der Waals surface area contributed by atoms with Crippen molar-refractivity contribution in [2.45, 2.75) is 6.42 Å². The molecule has 126 valence electrons. The highest BCUT2D eigenvalue weighted by atomic mass is 79.9. The van der Waals surface area contributed by atoms with E-state index >= 15 is 0 Å². The Morgan fingerprint density at radius 1 is 1.16 bits per heavy atom. The van der Waals surface area contributed by atoms with Gasteiger partial charge >= 0.3 is 0 Å². The molecule has 3 aromatic rings. The van der Waals surface area contributed by atoms with Crippen LogP contribution in [0.2, 0.25) is 0 Å². The minimum atomic E-state index is 0.727. The Kier molecular flexibility index (Phi) is 3.84. The molecule has 0 amide bonds. The third kappa shape index (κ3) is 2.60. The molecule has 0 saturated carbocycles. The van der Waals surface area contributed by atoms with Crippen LogP contribution in [0.3, 0.4) is 0 Å². The molecule has 0 spiro atoms. The first-order valence-electron chi connectivity index (χ1n) is 8.37. The summed E-state index contributed by atoms with van der Waals surface area (Å²) in [5, 5.41) is 2.10. The Hall–Kier alpha value is -1.76. The van der Waals surface area contributed by atoms with Crippen LogP contribution in [-0.4, -0.2) is 36.3 Å². The fraction of sp³-hybridized carbons (Fsp3) is 0.263. The van der Waals surface area contributed by atoms with Crippen LogP contribution in [0, 0.1) is 0 Å². The first-order chi connectivity index (χ1) is 12.3. The maximum atomic E-state index is 5.48. The molecule has 0 N–H and O–H groups in total. The molecular weight excluding hydrogens is 398 g/mol. The SMILES string of the molecule is Brc1csc2c(-c3cccc4c3C=CC4)nc(N3CCOCC3)nc12. The van der Waals surface area contributed by atoms with E-state index in [9.17, 15) is 0 Å². The largest absolute Gasteiger partial charge is 0.378 e. The summed E-state index contributed by atoms with van der Waals surface area (Å²) in [6.07, 6.45) is 5.44. The third-order valence-corrected chi connectivity index (χ3v) is 6.61. The van der Waals surface area contributed by atoms with Crippen LogP contribution in [-0.2, 0) is 11.2 Å². The van der Waals surface area contributed by atoms with E-state index in [0.717, 1.165) is 59.1 Å². The smallest absolute Gasteiger partial charge is 0.226 e. The van der Waals surface area contributed by atoms with Gasteiger partial charge in [0.15, 0.2) is 0 Å². The molecule has 4 nitrogen and oxygen atoms in total. The zero-order valence-corrected chi connectivity index (χ0v) is 15.9. The lowest BCUT2D eigenvalue weighted by Gasteiger charge is -2.27. The van der Waals surface area contributed by atoms with Crippen LogP contribution in [0.5, 0.6) is 0 Å². The molecule has 0 unspecified atom stereocenters. The van der Waals surface area contributed by atoms with Crippen LogP contribution in [0.1, 0.15) is 11.1 Å². The van der Waals surface area contributed by atoms with Crippen molar-refractivity contribution in [2.75, 3.05) is 31.2 Å². The number of aromatic nitrogens is 2. The number of ether oxygens (including phenoxy) is 1. The molecule has 5 rings (SSSR count). The molecule has 1 aromatic carbocycles. The van der Waals surface area contributed by atoms with Gasteiger partial charge in [-0.15, -0.1) is 11.3 Å². The highest BCUT2D eigenvalue weighted by Crippen LogP contribution is 2.39. The predicted octanol–water partition coefficient (Wildman–Crippen LogP) is 4.53. The summed E-state index contributed by atoms with van der Waals surface area (Å²) in [5.74, 6) is 0.796. The third-order valence-electron chi connectivity index (χ3n) is 4.73. The molecule has 1 saturated heterocycles. The molecule has 1 aliphatic heterocycles. The number of nitrogens with zero attached hydrogens (tertiary/aromatic N) is 3. The summed E-state index contributed by atoms with van der Waals surface area (Å²) >= 11 is 5.35. The van der Waals surface area contributed by atoms with E-state index in [4.69, 9.17) is 14.7 Å². The highest BCUT2D eigenvalue weighted by Gasteiger charge is 2.21. The highest BCUT2D eigenvalue weighted by molar-refractivity contribution is 9.10. The second kappa shape index (κ2) is 6.20. The second-order valence-electron chi connectivity index (χ2n) is 6.22. The predicted molar refractivity (Wildman–Crippen MR) is 106 cm³/mol. The van der Waals surface area contributed by atoms with Crippen LogP contribution in [0.4, 0.5) is 5.95 Å². The average Bonchev–Trinajstić information content (AvgIpc) is 3.28. The van der Waals surface area contributed by atoms with Crippen molar-refractivity contribution in [1.29, 1.82) is 0 Å². The number of benzene rings is 1. The number of morpholine rings is 1. The number of allylic oxidation sites excluding steroid dienone is 1. The molecule has 25 heavy (non-hydrogen) atoms. The van der Waals surface area contributed by atoms with Gasteiger partial charge in [0.25, 0.3) is 0 Å². The van der Waals surface area contributed by atoms with E-state index in [1.54, 1.807) is 11.3 Å². The van der Waals surface area contributed by atoms with Gasteiger partial charge in [0.1, 0.15) is 5.52 Å². The summed E-state index contributed by atoms with van der Waals surface area (Å²) in [6.45, 7) is 3.12. The van der Waals surface area contributed by atoms with Crippen molar-refractivity contribution in [1.82, 2.24) is 9.97 Å². The Labute approximate surface area is 158 Å². The van der Waals surface area contributed by atoms with Crippen LogP contribution < -0.4 is 4.90 Å². The number of halogens is 1. The summed E-state index contributed by atoms with van der Waals surface area (Å²) < 4.78 is 7.65. The van der Waals surface area contributed by atoms with Crippen molar-refractivity contribution in [2.24, 2.45) is 0 Å². The molecule has 2 aliphatic rings. The van der Waals surface area contributed by atoms with Gasteiger partial charge in [-0.25, -0.2) is 9.97 Å². The Morgan fingerprint density at radius 3 is 2.92 bits per heavy atom. The fourth-order valence-electron chi connectivity index (χ4n) is 3.46. The van der Waals surface area contributed by atoms with Gasteiger partial charge in [0, 0.05) is 24.0 Å². The minimum absolute atomic E-state index is 0.727. The first-order valence-corrected chi connectivity index (χ1v) is 10.0. The molecule has 3 heterocycles. The van der Waals surface area contributed by atoms with E-state index in [1.807, 2.05) is 0 Å². The number of rotatable bonds is 2. The topological polar surface area (TPSA) is 38.2 Å². The van der Waals surface area contributed by atoms with Gasteiger partial charge in [-0.1, -0.05) is 30.4 Å². The lowest BCUT2D eigenvalue weighted by molar-refractivity contribution is 0.122. The molecule has 0 radical (unpaired) electrons. The lowest BCUT2D eigenvalue weighted by atomic mass is 10.0. The standard InChI is InChI=1S/C19H16BrN3OS/c20-15-11-25-18-16(14-6-2-4-12-3-1-5-13(12)14)21-19(22-17(15)18)23-7-9-24-10-8-23/h1-2,4-6,11H,3,7-10H2. The van der Waals surface area contributed by atoms with Crippen molar-refractivity contribution >= 4 is 49.5 Å². The van der Waals surface area contributed by atoms with E-state index in [1.165, 1.54) is 16.7 Å². The van der Waals surface area contributed by atoms with E-state index in [2.05, 4.69) is 56.6 Å². The number of thiophene rings is 1. The quantitative estimate of drug-likeness (QED) is 0.618. The molecule has 1 aliphatic carbocycles. The van der Waals surface area contributed by atoms with Gasteiger partial charge in [-0.3, -0.25) is 0 Å². The van der Waals surface area contributed by atoms with E-state index in [-0.39, 0.29) is 0 Å². The maximum absolute atomic E-state index is 5.48. The molecule has 0 bridgehead atoms. The maximum Gasteiger partial charge on any atom is 0.226 e. The van der Waals surface area contributed by atoms with Gasteiger partial charge in [-0.05, 0) is 33.5 Å². The summed E-state index contributed by atoms with van der Waals surface area (Å²) in [7, 11) is 0. The second-order valence-corrected chi connectivity index (χ2v) is 7.95. The fourth-order valence-corrected chi connectivity index (χ4v) is 5.03. The van der Waals surface area contributed by atoms with Crippen molar-refractivity contribution in [3.05, 3.63) is 45.3 Å². The van der Waals surface area contributed by atoms with E-state index in [0.29, 0.717) is 0 Å².